The smallest absolute Gasteiger partial charge is 0.412 e. The molecule has 2 atom stereocenters. The summed E-state index contributed by atoms with van der Waals surface area (Å²) < 4.78 is 12.9. The normalized spacial score (nSPS) is 19.7. The lowest BCUT2D eigenvalue weighted by atomic mass is 10.2. The van der Waals surface area contributed by atoms with Crippen LogP contribution in [0.5, 0.6) is 0 Å². The first-order chi connectivity index (χ1) is 14.3. The average Bonchev–Trinajstić information content (AvgIpc) is 3.12. The van der Waals surface area contributed by atoms with E-state index in [9.17, 15) is 9.90 Å². The molecule has 2 aromatic carbocycles. The second kappa shape index (κ2) is 9.80. The van der Waals surface area contributed by atoms with Crippen LogP contribution in [0.1, 0.15) is 27.2 Å². The molecule has 30 heavy (non-hydrogen) atoms. The molecule has 2 aromatic rings. The third-order valence-corrected chi connectivity index (χ3v) is 11.7. The van der Waals surface area contributed by atoms with E-state index in [0.29, 0.717) is 13.0 Å². The Labute approximate surface area is 193 Å². The number of aliphatic hydroxyl groups is 1. The molecule has 162 valence electrons. The van der Waals surface area contributed by atoms with Gasteiger partial charge in [0.1, 0.15) is 0 Å². The zero-order chi connectivity index (χ0) is 21.8. The second-order valence-corrected chi connectivity index (χ2v) is 13.9. The Bertz CT molecular complexity index is 789. The number of nitrogens with zero attached hydrogens (tertiary/aromatic N) is 1. The summed E-state index contributed by atoms with van der Waals surface area (Å²) in [5, 5.41) is 12.0. The summed E-state index contributed by atoms with van der Waals surface area (Å²) in [7, 11) is -2.74. The van der Waals surface area contributed by atoms with Crippen LogP contribution in [0.3, 0.4) is 0 Å². The molecule has 0 aromatic heterocycles. The van der Waals surface area contributed by atoms with E-state index in [2.05, 4.69) is 67.6 Å². The van der Waals surface area contributed by atoms with Gasteiger partial charge in [-0.25, -0.2) is 4.79 Å². The van der Waals surface area contributed by atoms with E-state index in [1.54, 1.807) is 4.90 Å². The summed E-state index contributed by atoms with van der Waals surface area (Å²) in [6.45, 7) is 6.75. The molecule has 1 fully saturated rings. The van der Waals surface area contributed by atoms with Gasteiger partial charge in [0.2, 0.25) is 0 Å². The number of rotatable bonds is 6. The number of benzene rings is 2. The number of hydrogen-bond donors (Lipinski definition) is 1. The number of hydrogen-bond acceptors (Lipinski definition) is 4. The van der Waals surface area contributed by atoms with Crippen molar-refractivity contribution in [2.45, 2.75) is 44.4 Å². The van der Waals surface area contributed by atoms with Gasteiger partial charge >= 0.3 is 6.09 Å². The van der Waals surface area contributed by atoms with Crippen molar-refractivity contribution >= 4 is 47.4 Å². The van der Waals surface area contributed by atoms with Crippen LogP contribution in [-0.2, 0) is 9.16 Å². The number of likely N-dealkylation sites (tertiary alicyclic amines) is 1. The van der Waals surface area contributed by atoms with Crippen molar-refractivity contribution in [2.24, 2.45) is 0 Å². The van der Waals surface area contributed by atoms with Gasteiger partial charge in [-0.2, -0.15) is 0 Å². The van der Waals surface area contributed by atoms with E-state index in [1.165, 1.54) is 0 Å². The largest absolute Gasteiger partial charge is 0.423 e. The summed E-state index contributed by atoms with van der Waals surface area (Å²) in [6.07, 6.45) is -0.325. The van der Waals surface area contributed by atoms with Gasteiger partial charge in [0.25, 0.3) is 8.32 Å². The van der Waals surface area contributed by atoms with Crippen molar-refractivity contribution in [2.75, 3.05) is 17.8 Å². The highest BCUT2D eigenvalue weighted by molar-refractivity contribution is 14.1. The minimum Gasteiger partial charge on any atom is -0.423 e. The molecule has 1 heterocycles. The number of halogens is 1. The lowest BCUT2D eigenvalue weighted by molar-refractivity contribution is 0.0277. The third-order valence-electron chi connectivity index (χ3n) is 5.68. The topological polar surface area (TPSA) is 59.0 Å². The van der Waals surface area contributed by atoms with Crippen molar-refractivity contribution in [1.29, 1.82) is 0 Å². The van der Waals surface area contributed by atoms with Crippen molar-refractivity contribution in [3.63, 3.8) is 0 Å². The Balaban J connectivity index is 1.86. The number of ether oxygens (including phenoxy) is 1. The van der Waals surface area contributed by atoms with Crippen molar-refractivity contribution in [1.82, 2.24) is 4.90 Å². The highest BCUT2D eigenvalue weighted by atomic mass is 127. The molecule has 0 bridgehead atoms. The third kappa shape index (κ3) is 4.74. The SMILES string of the molecule is CC(C)(C)[Si](OCOC(=O)N1CC(O)CC1CI)(c1ccccc1)c1ccccc1. The molecule has 1 aliphatic heterocycles. The van der Waals surface area contributed by atoms with Crippen LogP contribution in [0.15, 0.2) is 60.7 Å². The van der Waals surface area contributed by atoms with Crippen LogP contribution >= 0.6 is 22.6 Å². The second-order valence-electron chi connectivity index (χ2n) is 8.69. The van der Waals surface area contributed by atoms with Crippen molar-refractivity contribution < 1.29 is 19.1 Å². The zero-order valence-corrected chi connectivity index (χ0v) is 20.9. The van der Waals surface area contributed by atoms with E-state index < -0.39 is 20.5 Å². The summed E-state index contributed by atoms with van der Waals surface area (Å²) >= 11 is 2.24. The Hall–Kier alpha value is -1.42. The Kier molecular flexibility index (Phi) is 7.60. The van der Waals surface area contributed by atoms with Crippen LogP contribution < -0.4 is 10.4 Å². The molecular formula is C23H30INO4Si. The van der Waals surface area contributed by atoms with Gasteiger partial charge in [-0.05, 0) is 21.8 Å². The van der Waals surface area contributed by atoms with Gasteiger partial charge in [-0.3, -0.25) is 0 Å². The fraction of sp³-hybridized carbons (Fsp3) is 0.435. The van der Waals surface area contributed by atoms with E-state index in [1.807, 2.05) is 36.4 Å². The van der Waals surface area contributed by atoms with Gasteiger partial charge < -0.3 is 19.2 Å². The van der Waals surface area contributed by atoms with Gasteiger partial charge in [0.15, 0.2) is 6.79 Å². The molecule has 3 rings (SSSR count). The first-order valence-corrected chi connectivity index (χ1v) is 13.7. The van der Waals surface area contributed by atoms with Crippen LogP contribution in [0.4, 0.5) is 4.79 Å². The molecule has 0 aliphatic carbocycles. The number of carbonyl (C=O) groups excluding carboxylic acids is 1. The van der Waals surface area contributed by atoms with Crippen molar-refractivity contribution in [3.05, 3.63) is 60.7 Å². The predicted octanol–water partition coefficient (Wildman–Crippen LogP) is 3.53. The lowest BCUT2D eigenvalue weighted by Gasteiger charge is -2.42. The van der Waals surface area contributed by atoms with Gasteiger partial charge in [-0.15, -0.1) is 0 Å². The number of β-amino-alcohol motifs (C(OH)–C–C–N with tert-alkyl or cyclic N) is 1. The maximum atomic E-state index is 12.7. The summed E-state index contributed by atoms with van der Waals surface area (Å²) in [4.78, 5) is 14.3. The zero-order valence-electron chi connectivity index (χ0n) is 17.8. The van der Waals surface area contributed by atoms with Crippen LogP contribution in [0.25, 0.3) is 0 Å². The summed E-state index contributed by atoms with van der Waals surface area (Å²) in [5.74, 6) is 0. The maximum absolute atomic E-state index is 12.7. The summed E-state index contributed by atoms with van der Waals surface area (Å²) in [6, 6.07) is 20.5. The van der Waals surface area contributed by atoms with E-state index in [4.69, 9.17) is 9.16 Å². The molecule has 7 heteroatoms. The van der Waals surface area contributed by atoms with E-state index >= 15 is 0 Å². The molecule has 0 spiro atoms. The first-order valence-electron chi connectivity index (χ1n) is 10.2. The minimum absolute atomic E-state index is 0.000893. The van der Waals surface area contributed by atoms with E-state index in [0.717, 1.165) is 14.8 Å². The van der Waals surface area contributed by atoms with Crippen LogP contribution in [0.2, 0.25) is 5.04 Å². The van der Waals surface area contributed by atoms with Gasteiger partial charge in [0.05, 0.1) is 12.6 Å². The maximum Gasteiger partial charge on any atom is 0.412 e. The quantitative estimate of drug-likeness (QED) is 0.264. The molecule has 1 N–H and O–H groups in total. The van der Waals surface area contributed by atoms with E-state index in [-0.39, 0.29) is 17.9 Å². The standard InChI is InChI=1S/C23H30INO4Si/c1-23(2,3)30(20-10-6-4-7-11-20,21-12-8-5-9-13-21)29-17-28-22(27)25-16-19(26)14-18(25)15-24/h4-13,18-19,26H,14-17H2,1-3H3. The molecular weight excluding hydrogens is 509 g/mol. The Morgan fingerprint density at radius 2 is 1.63 bits per heavy atom. The molecule has 2 unspecified atom stereocenters. The number of alkyl halides is 1. The van der Waals surface area contributed by atoms with Gasteiger partial charge in [0, 0.05) is 10.5 Å². The summed E-state index contributed by atoms with van der Waals surface area (Å²) in [5.41, 5.74) is 0. The molecule has 1 saturated heterocycles. The van der Waals surface area contributed by atoms with Gasteiger partial charge in [-0.1, -0.05) is 104 Å². The molecule has 0 radical (unpaired) electrons. The minimum atomic E-state index is -2.74. The monoisotopic (exact) mass is 539 g/mol. The molecule has 1 amide bonds. The highest BCUT2D eigenvalue weighted by Crippen LogP contribution is 2.36. The van der Waals surface area contributed by atoms with Crippen LogP contribution in [-0.4, -0.2) is 54.3 Å². The first kappa shape index (κ1) is 23.2. The highest BCUT2D eigenvalue weighted by Gasteiger charge is 2.50. The molecule has 0 saturated carbocycles. The lowest BCUT2D eigenvalue weighted by Crippen LogP contribution is -2.66. The number of aliphatic hydroxyl groups excluding tert-OH is 1. The molecule has 1 aliphatic rings. The fourth-order valence-corrected chi connectivity index (χ4v) is 9.50. The number of amides is 1. The van der Waals surface area contributed by atoms with Crippen LogP contribution in [0, 0.1) is 0 Å². The Morgan fingerprint density at radius 3 is 2.10 bits per heavy atom. The van der Waals surface area contributed by atoms with Crippen molar-refractivity contribution in [3.8, 4) is 0 Å². The fourth-order valence-electron chi connectivity index (χ4n) is 4.27. The average molecular weight is 539 g/mol. The number of carbonyl (C=O) groups is 1. The molecule has 5 nitrogen and oxygen atoms in total. The Morgan fingerprint density at radius 1 is 1.10 bits per heavy atom. The predicted molar refractivity (Wildman–Crippen MR) is 130 cm³/mol.